The Bertz CT molecular complexity index is 683. The Hall–Kier alpha value is -1.64. The highest BCUT2D eigenvalue weighted by atomic mass is 127. The molecule has 136 valence electrons. The molecule has 3 rings (SSSR count). The molecule has 1 aromatic carbocycles. The SMILES string of the molecule is CN=C(NCCCn1cccn1)NCC1(c2cccc(F)c2)CC1.I. The first-order valence-electron chi connectivity index (χ1n) is 8.40. The molecule has 0 bridgehead atoms. The van der Waals surface area contributed by atoms with Gasteiger partial charge in [-0.25, -0.2) is 4.39 Å². The molecule has 7 heteroatoms. The monoisotopic (exact) mass is 457 g/mol. The molecule has 1 saturated carbocycles. The molecule has 0 unspecified atom stereocenters. The van der Waals surface area contributed by atoms with Crippen molar-refractivity contribution in [3.63, 3.8) is 0 Å². The molecule has 0 radical (unpaired) electrons. The largest absolute Gasteiger partial charge is 0.356 e. The molecule has 0 aliphatic heterocycles. The number of nitrogens with zero attached hydrogens (tertiary/aromatic N) is 3. The van der Waals surface area contributed by atoms with E-state index in [-0.39, 0.29) is 35.2 Å². The second-order valence-electron chi connectivity index (χ2n) is 6.27. The molecule has 2 aromatic rings. The van der Waals surface area contributed by atoms with E-state index < -0.39 is 0 Å². The molecule has 1 aliphatic rings. The third-order valence-corrected chi connectivity index (χ3v) is 4.52. The number of benzene rings is 1. The second kappa shape index (κ2) is 9.17. The maximum atomic E-state index is 13.4. The Kier molecular flexibility index (Phi) is 7.22. The van der Waals surface area contributed by atoms with Crippen LogP contribution >= 0.6 is 24.0 Å². The number of nitrogens with one attached hydrogen (secondary N) is 2. The van der Waals surface area contributed by atoms with Gasteiger partial charge in [-0.05, 0) is 43.0 Å². The summed E-state index contributed by atoms with van der Waals surface area (Å²) < 4.78 is 15.4. The van der Waals surface area contributed by atoms with E-state index in [4.69, 9.17) is 0 Å². The topological polar surface area (TPSA) is 54.2 Å². The molecule has 0 spiro atoms. The minimum Gasteiger partial charge on any atom is -0.356 e. The zero-order chi connectivity index (χ0) is 16.8. The Balaban J connectivity index is 0.00000225. The van der Waals surface area contributed by atoms with Crippen molar-refractivity contribution in [3.05, 3.63) is 54.1 Å². The zero-order valence-corrected chi connectivity index (χ0v) is 16.7. The summed E-state index contributed by atoms with van der Waals surface area (Å²) in [5, 5.41) is 10.9. The van der Waals surface area contributed by atoms with Gasteiger partial charge in [0.1, 0.15) is 5.82 Å². The van der Waals surface area contributed by atoms with Gasteiger partial charge in [0.2, 0.25) is 0 Å². The molecule has 2 N–H and O–H groups in total. The number of hydrogen-bond acceptors (Lipinski definition) is 2. The zero-order valence-electron chi connectivity index (χ0n) is 14.4. The van der Waals surface area contributed by atoms with Crippen LogP contribution in [0.3, 0.4) is 0 Å². The van der Waals surface area contributed by atoms with Crippen molar-refractivity contribution in [2.24, 2.45) is 4.99 Å². The fraction of sp³-hybridized carbons (Fsp3) is 0.444. The van der Waals surface area contributed by atoms with Crippen LogP contribution < -0.4 is 10.6 Å². The van der Waals surface area contributed by atoms with Crippen molar-refractivity contribution in [1.29, 1.82) is 0 Å². The number of aliphatic imine (C=N–C) groups is 1. The van der Waals surface area contributed by atoms with E-state index in [1.165, 1.54) is 6.07 Å². The van der Waals surface area contributed by atoms with Crippen molar-refractivity contribution >= 4 is 29.9 Å². The second-order valence-corrected chi connectivity index (χ2v) is 6.27. The highest BCUT2D eigenvalue weighted by Gasteiger charge is 2.44. The van der Waals surface area contributed by atoms with Crippen LogP contribution in [0.2, 0.25) is 0 Å². The quantitative estimate of drug-likeness (QED) is 0.291. The van der Waals surface area contributed by atoms with Crippen molar-refractivity contribution in [1.82, 2.24) is 20.4 Å². The molecule has 0 amide bonds. The van der Waals surface area contributed by atoms with Gasteiger partial charge in [0.05, 0.1) is 0 Å². The van der Waals surface area contributed by atoms with E-state index in [0.29, 0.717) is 0 Å². The van der Waals surface area contributed by atoms with Gasteiger partial charge in [-0.3, -0.25) is 9.67 Å². The lowest BCUT2D eigenvalue weighted by molar-refractivity contribution is 0.567. The first-order chi connectivity index (χ1) is 11.7. The van der Waals surface area contributed by atoms with Gasteiger partial charge in [0.25, 0.3) is 0 Å². The van der Waals surface area contributed by atoms with Gasteiger partial charge >= 0.3 is 0 Å². The molecule has 5 nitrogen and oxygen atoms in total. The van der Waals surface area contributed by atoms with Crippen LogP contribution in [-0.4, -0.2) is 35.9 Å². The highest BCUT2D eigenvalue weighted by molar-refractivity contribution is 14.0. The number of aromatic nitrogens is 2. The lowest BCUT2D eigenvalue weighted by atomic mass is 9.96. The Morgan fingerprint density at radius 3 is 2.80 bits per heavy atom. The van der Waals surface area contributed by atoms with E-state index >= 15 is 0 Å². The van der Waals surface area contributed by atoms with Crippen LogP contribution in [0.1, 0.15) is 24.8 Å². The Morgan fingerprint density at radius 1 is 1.32 bits per heavy atom. The van der Waals surface area contributed by atoms with Crippen molar-refractivity contribution in [2.75, 3.05) is 20.1 Å². The van der Waals surface area contributed by atoms with Crippen LogP contribution in [0, 0.1) is 5.82 Å². The average molecular weight is 457 g/mol. The van der Waals surface area contributed by atoms with Gasteiger partial charge in [-0.1, -0.05) is 12.1 Å². The Morgan fingerprint density at radius 2 is 2.16 bits per heavy atom. The lowest BCUT2D eigenvalue weighted by Crippen LogP contribution is -2.41. The molecule has 0 atom stereocenters. The van der Waals surface area contributed by atoms with Crippen LogP contribution in [-0.2, 0) is 12.0 Å². The maximum Gasteiger partial charge on any atom is 0.191 e. The van der Waals surface area contributed by atoms with Gasteiger partial charge in [-0.15, -0.1) is 24.0 Å². The number of halogens is 2. The van der Waals surface area contributed by atoms with Gasteiger partial charge in [0, 0.05) is 44.5 Å². The number of rotatable bonds is 7. The van der Waals surface area contributed by atoms with Crippen molar-refractivity contribution in [2.45, 2.75) is 31.2 Å². The predicted molar refractivity (Wildman–Crippen MR) is 109 cm³/mol. The molecule has 25 heavy (non-hydrogen) atoms. The summed E-state index contributed by atoms with van der Waals surface area (Å²) in [6.07, 6.45) is 6.88. The normalized spacial score (nSPS) is 15.4. The van der Waals surface area contributed by atoms with Crippen LogP contribution in [0.25, 0.3) is 0 Å². The molecule has 1 aliphatic carbocycles. The van der Waals surface area contributed by atoms with Crippen molar-refractivity contribution in [3.8, 4) is 0 Å². The summed E-state index contributed by atoms with van der Waals surface area (Å²) >= 11 is 0. The predicted octanol–water partition coefficient (Wildman–Crippen LogP) is 2.93. The van der Waals surface area contributed by atoms with Gasteiger partial charge < -0.3 is 10.6 Å². The minimum absolute atomic E-state index is 0. The third kappa shape index (κ3) is 5.42. The summed E-state index contributed by atoms with van der Waals surface area (Å²) in [7, 11) is 1.77. The van der Waals surface area contributed by atoms with E-state index in [9.17, 15) is 4.39 Å². The van der Waals surface area contributed by atoms with Crippen LogP contribution in [0.4, 0.5) is 4.39 Å². The summed E-state index contributed by atoms with van der Waals surface area (Å²) in [6, 6.07) is 8.86. The fourth-order valence-electron chi connectivity index (χ4n) is 2.89. The summed E-state index contributed by atoms with van der Waals surface area (Å²) in [6.45, 7) is 2.48. The van der Waals surface area contributed by atoms with E-state index in [1.807, 2.05) is 23.0 Å². The minimum atomic E-state index is -0.167. The van der Waals surface area contributed by atoms with Gasteiger partial charge in [0.15, 0.2) is 5.96 Å². The van der Waals surface area contributed by atoms with Crippen molar-refractivity contribution < 1.29 is 4.39 Å². The smallest absolute Gasteiger partial charge is 0.191 e. The lowest BCUT2D eigenvalue weighted by Gasteiger charge is -2.19. The highest BCUT2D eigenvalue weighted by Crippen LogP contribution is 2.47. The number of aryl methyl sites for hydroxylation is 1. The molecule has 1 fully saturated rings. The summed E-state index contributed by atoms with van der Waals surface area (Å²) in [5.74, 6) is 0.623. The standard InChI is InChI=1S/C18H24FN5.HI/c1-20-17(21-9-3-11-24-12-4-10-23-24)22-14-18(7-8-18)15-5-2-6-16(19)13-15;/h2,4-6,10,12-13H,3,7-9,11,14H2,1H3,(H2,20,21,22);1H. The molecular formula is C18H25FIN5. The van der Waals surface area contributed by atoms with Crippen LogP contribution in [0.5, 0.6) is 0 Å². The number of guanidine groups is 1. The number of hydrogen-bond donors (Lipinski definition) is 2. The fourth-order valence-corrected chi connectivity index (χ4v) is 2.89. The molecule has 0 saturated heterocycles. The maximum absolute atomic E-state index is 13.4. The average Bonchev–Trinajstić information content (AvgIpc) is 3.21. The molecule has 1 aromatic heterocycles. The van der Waals surface area contributed by atoms with Crippen LogP contribution in [0.15, 0.2) is 47.7 Å². The Labute approximate surface area is 165 Å². The summed E-state index contributed by atoms with van der Waals surface area (Å²) in [4.78, 5) is 4.26. The van der Waals surface area contributed by atoms with Gasteiger partial charge in [-0.2, -0.15) is 5.10 Å². The first-order valence-corrected chi connectivity index (χ1v) is 8.40. The summed E-state index contributed by atoms with van der Waals surface area (Å²) in [5.41, 5.74) is 1.12. The molecular weight excluding hydrogens is 432 g/mol. The third-order valence-electron chi connectivity index (χ3n) is 4.52. The van der Waals surface area contributed by atoms with E-state index in [2.05, 4.69) is 20.7 Å². The first kappa shape index (κ1) is 19.7. The molecule has 1 heterocycles. The van der Waals surface area contributed by atoms with E-state index in [1.54, 1.807) is 25.4 Å². The van der Waals surface area contributed by atoms with E-state index in [0.717, 1.165) is 50.4 Å².